The Hall–Kier alpha value is -1.40. The lowest BCUT2D eigenvalue weighted by Crippen LogP contribution is -2.74. The number of carbonyl (C=O) groups is 2. The molecule has 11 heteroatoms. The molecule has 0 bridgehead atoms. The molecule has 7 atom stereocenters. The van der Waals surface area contributed by atoms with Gasteiger partial charge in [0.1, 0.15) is 18.3 Å². The molecule has 1 aliphatic heterocycles. The second-order valence-corrected chi connectivity index (χ2v) is 5.04. The summed E-state index contributed by atoms with van der Waals surface area (Å²) >= 11 is 0. The van der Waals surface area contributed by atoms with E-state index in [1.807, 2.05) is 0 Å². The Morgan fingerprint density at radius 2 is 2.00 bits per heavy atom. The number of hydrogen-bond acceptors (Lipinski definition) is 7. The van der Waals surface area contributed by atoms with Crippen LogP contribution in [0.25, 0.3) is 0 Å². The molecule has 0 spiro atoms. The predicted octanol–water partition coefficient (Wildman–Crippen LogP) is -3.58. The predicted molar refractivity (Wildman–Crippen MR) is 67.5 cm³/mol. The molecule has 0 aromatic heterocycles. The number of nitrogens with two attached hydrogens (primary N) is 2. The van der Waals surface area contributed by atoms with Crippen LogP contribution in [-0.4, -0.2) is 76.2 Å². The monoisotopic (exact) mass is 327 g/mol. The lowest BCUT2D eigenvalue weighted by atomic mass is 9.86. The molecule has 0 aromatic carbocycles. The van der Waals surface area contributed by atoms with Crippen LogP contribution in [0.1, 0.15) is 6.92 Å². The standard InChI is InChI=1S/C11H19F2N3O6/c1-3(18)16-6-5(14)9(12)11(13,10(15)21)22-8(6)7(20)4(19)2-17/h4-9,17,19-20H,2,14H2,1H3,(H2,15,21)(H,16,18)/t4-,5?,6?,7-,8?,9?,11-/m1/s1. The first-order chi connectivity index (χ1) is 10.1. The lowest BCUT2D eigenvalue weighted by Gasteiger charge is -2.46. The zero-order chi connectivity index (χ0) is 17.2. The van der Waals surface area contributed by atoms with Crippen LogP contribution in [-0.2, 0) is 14.3 Å². The highest BCUT2D eigenvalue weighted by Crippen LogP contribution is 2.34. The molecule has 1 aliphatic rings. The van der Waals surface area contributed by atoms with E-state index in [0.29, 0.717) is 0 Å². The number of alkyl halides is 2. The van der Waals surface area contributed by atoms with Crippen molar-refractivity contribution in [1.82, 2.24) is 5.32 Å². The van der Waals surface area contributed by atoms with Gasteiger partial charge in [0, 0.05) is 6.92 Å². The molecule has 0 aromatic rings. The SMILES string of the molecule is CC(=O)NC1C(N)C(F)[C@](F)(C(N)=O)OC1[C@H](O)[C@H](O)CO. The van der Waals surface area contributed by atoms with E-state index in [9.17, 15) is 28.6 Å². The Kier molecular flexibility index (Phi) is 5.76. The second-order valence-electron chi connectivity index (χ2n) is 5.04. The van der Waals surface area contributed by atoms with Crippen molar-refractivity contribution in [3.63, 3.8) is 0 Å². The van der Waals surface area contributed by atoms with Gasteiger partial charge in [-0.1, -0.05) is 0 Å². The number of amides is 2. The number of hydrogen-bond donors (Lipinski definition) is 6. The number of halogens is 2. The van der Waals surface area contributed by atoms with Crippen molar-refractivity contribution in [1.29, 1.82) is 0 Å². The average molecular weight is 327 g/mol. The van der Waals surface area contributed by atoms with Gasteiger partial charge in [0.25, 0.3) is 5.91 Å². The van der Waals surface area contributed by atoms with Crippen LogP contribution in [0.5, 0.6) is 0 Å². The van der Waals surface area contributed by atoms with Crippen molar-refractivity contribution < 1.29 is 38.4 Å². The number of rotatable bonds is 5. The third-order valence-corrected chi connectivity index (χ3v) is 3.39. The van der Waals surface area contributed by atoms with Gasteiger partial charge in [0.15, 0.2) is 6.17 Å². The van der Waals surface area contributed by atoms with Crippen LogP contribution in [0.3, 0.4) is 0 Å². The van der Waals surface area contributed by atoms with Gasteiger partial charge in [-0.05, 0) is 0 Å². The molecular formula is C11H19F2N3O6. The Morgan fingerprint density at radius 3 is 2.41 bits per heavy atom. The molecule has 8 N–H and O–H groups in total. The Labute approximate surface area is 124 Å². The maximum absolute atomic E-state index is 14.3. The van der Waals surface area contributed by atoms with Gasteiger partial charge in [0.05, 0.1) is 18.7 Å². The normalized spacial score (nSPS) is 38.1. The second kappa shape index (κ2) is 6.79. The molecule has 9 nitrogen and oxygen atoms in total. The molecule has 1 fully saturated rings. The zero-order valence-electron chi connectivity index (χ0n) is 11.6. The van der Waals surface area contributed by atoms with E-state index < -0.39 is 60.8 Å². The van der Waals surface area contributed by atoms with E-state index in [1.165, 1.54) is 0 Å². The third kappa shape index (κ3) is 3.33. The number of nitrogens with one attached hydrogen (secondary N) is 1. The summed E-state index contributed by atoms with van der Waals surface area (Å²) in [5.74, 6) is -6.15. The fourth-order valence-corrected chi connectivity index (χ4v) is 2.20. The first-order valence-corrected chi connectivity index (χ1v) is 6.36. The molecule has 0 saturated carbocycles. The molecule has 22 heavy (non-hydrogen) atoms. The first kappa shape index (κ1) is 18.6. The maximum atomic E-state index is 14.3. The molecule has 1 heterocycles. The molecule has 2 amide bonds. The highest BCUT2D eigenvalue weighted by atomic mass is 19.2. The smallest absolute Gasteiger partial charge is 0.321 e. The summed E-state index contributed by atoms with van der Waals surface area (Å²) in [5.41, 5.74) is 10.2. The summed E-state index contributed by atoms with van der Waals surface area (Å²) in [6.45, 7) is 0.120. The van der Waals surface area contributed by atoms with Crippen molar-refractivity contribution in [2.75, 3.05) is 6.61 Å². The van der Waals surface area contributed by atoms with E-state index >= 15 is 0 Å². The van der Waals surface area contributed by atoms with Crippen LogP contribution in [0.15, 0.2) is 0 Å². The lowest BCUT2D eigenvalue weighted by molar-refractivity contribution is -0.266. The molecular weight excluding hydrogens is 308 g/mol. The van der Waals surface area contributed by atoms with Crippen molar-refractivity contribution in [2.24, 2.45) is 11.5 Å². The van der Waals surface area contributed by atoms with E-state index in [0.717, 1.165) is 6.92 Å². The van der Waals surface area contributed by atoms with Crippen molar-refractivity contribution in [3.8, 4) is 0 Å². The number of aliphatic hydroxyl groups is 3. The summed E-state index contributed by atoms with van der Waals surface area (Å²) in [7, 11) is 0. The van der Waals surface area contributed by atoms with Crippen molar-refractivity contribution in [3.05, 3.63) is 0 Å². The number of ether oxygens (including phenoxy) is 1. The number of aliphatic hydroxyl groups excluding tert-OH is 3. The van der Waals surface area contributed by atoms with Crippen molar-refractivity contribution >= 4 is 11.8 Å². The third-order valence-electron chi connectivity index (χ3n) is 3.39. The fraction of sp³-hybridized carbons (Fsp3) is 0.818. The minimum atomic E-state index is -3.64. The molecule has 0 aliphatic carbocycles. The van der Waals surface area contributed by atoms with Gasteiger partial charge in [-0.15, -0.1) is 0 Å². The van der Waals surface area contributed by atoms with Gasteiger partial charge in [-0.2, -0.15) is 4.39 Å². The number of carbonyl (C=O) groups excluding carboxylic acids is 2. The quantitative estimate of drug-likeness (QED) is 0.303. The Morgan fingerprint density at radius 1 is 1.45 bits per heavy atom. The minimum Gasteiger partial charge on any atom is -0.394 e. The molecule has 4 unspecified atom stereocenters. The Balaban J connectivity index is 3.19. The van der Waals surface area contributed by atoms with Gasteiger partial charge < -0.3 is 36.8 Å². The van der Waals surface area contributed by atoms with Crippen molar-refractivity contribution in [2.45, 2.75) is 49.3 Å². The summed E-state index contributed by atoms with van der Waals surface area (Å²) in [6.07, 6.45) is -8.29. The summed E-state index contributed by atoms with van der Waals surface area (Å²) in [4.78, 5) is 22.3. The molecule has 0 radical (unpaired) electrons. The molecule has 1 saturated heterocycles. The van der Waals surface area contributed by atoms with Gasteiger partial charge >= 0.3 is 5.85 Å². The minimum absolute atomic E-state index is 0.697. The summed E-state index contributed by atoms with van der Waals surface area (Å²) in [6, 6.07) is -3.26. The summed E-state index contributed by atoms with van der Waals surface area (Å²) < 4.78 is 32.9. The summed E-state index contributed by atoms with van der Waals surface area (Å²) in [5, 5.41) is 30.3. The van der Waals surface area contributed by atoms with E-state index in [1.54, 1.807) is 0 Å². The van der Waals surface area contributed by atoms with Gasteiger partial charge in [0.2, 0.25) is 5.91 Å². The molecule has 1 rings (SSSR count). The highest BCUT2D eigenvalue weighted by molar-refractivity contribution is 5.83. The van der Waals surface area contributed by atoms with E-state index in [-0.39, 0.29) is 0 Å². The van der Waals surface area contributed by atoms with Crippen LogP contribution in [0, 0.1) is 0 Å². The topological polar surface area (TPSA) is 168 Å². The van der Waals surface area contributed by atoms with E-state index in [4.69, 9.17) is 16.6 Å². The van der Waals surface area contributed by atoms with Crippen LogP contribution in [0.2, 0.25) is 0 Å². The van der Waals surface area contributed by atoms with Gasteiger partial charge in [-0.25, -0.2) is 4.39 Å². The Bertz CT molecular complexity index is 442. The first-order valence-electron chi connectivity index (χ1n) is 6.36. The van der Waals surface area contributed by atoms with Gasteiger partial charge in [-0.3, -0.25) is 9.59 Å². The van der Waals surface area contributed by atoms with E-state index in [2.05, 4.69) is 10.1 Å². The fourth-order valence-electron chi connectivity index (χ4n) is 2.20. The maximum Gasteiger partial charge on any atom is 0.321 e. The van der Waals surface area contributed by atoms with Crippen LogP contribution < -0.4 is 16.8 Å². The van der Waals surface area contributed by atoms with Crippen LogP contribution >= 0.6 is 0 Å². The zero-order valence-corrected chi connectivity index (χ0v) is 11.6. The number of primary amides is 1. The molecule has 128 valence electrons. The highest BCUT2D eigenvalue weighted by Gasteiger charge is 2.60. The average Bonchev–Trinajstić information content (AvgIpc) is 2.45. The largest absolute Gasteiger partial charge is 0.394 e. The van der Waals surface area contributed by atoms with Crippen LogP contribution in [0.4, 0.5) is 8.78 Å².